The quantitative estimate of drug-likeness (QED) is 0.909. The Morgan fingerprint density at radius 3 is 3.05 bits per heavy atom. The van der Waals surface area contributed by atoms with Crippen molar-refractivity contribution in [3.63, 3.8) is 0 Å². The molecule has 0 amide bonds. The van der Waals surface area contributed by atoms with Gasteiger partial charge in [-0.2, -0.15) is 0 Å². The second-order valence-electron chi connectivity index (χ2n) is 5.26. The molecular weight excluding hydrogens is 307 g/mol. The third-order valence-electron chi connectivity index (χ3n) is 3.61. The Balaban J connectivity index is 2.00. The number of nitrogens with one attached hydrogen (secondary N) is 1. The van der Waals surface area contributed by atoms with Gasteiger partial charge in [0, 0.05) is 29.2 Å². The first-order valence-electron chi connectivity index (χ1n) is 7.08. The number of hydrogen-bond donors (Lipinski definition) is 1. The van der Waals surface area contributed by atoms with E-state index >= 15 is 0 Å². The zero-order valence-electron chi connectivity index (χ0n) is 11.5. The first-order valence-corrected chi connectivity index (χ1v) is 7.88. The van der Waals surface area contributed by atoms with Crippen LogP contribution in [-0.4, -0.2) is 30.6 Å². The fourth-order valence-corrected chi connectivity index (χ4v) is 2.99. The summed E-state index contributed by atoms with van der Waals surface area (Å²) in [6.45, 7) is 6.06. The third-order valence-corrected chi connectivity index (χ3v) is 4.10. The van der Waals surface area contributed by atoms with Crippen LogP contribution in [0.5, 0.6) is 0 Å². The predicted molar refractivity (Wildman–Crippen MR) is 80.7 cm³/mol. The van der Waals surface area contributed by atoms with Crippen LogP contribution >= 0.6 is 15.9 Å². The maximum Gasteiger partial charge on any atom is 0.128 e. The van der Waals surface area contributed by atoms with Gasteiger partial charge in [0.25, 0.3) is 0 Å². The summed E-state index contributed by atoms with van der Waals surface area (Å²) < 4.78 is 14.7. The number of halogens is 2. The van der Waals surface area contributed by atoms with Crippen LogP contribution in [0.25, 0.3) is 0 Å². The molecule has 0 bridgehead atoms. The standard InChI is InChI=1S/C15H22BrFN2/c1-2-4-14-11-19(8-3-7-18-14)10-12-5-6-13(16)9-15(12)17/h5-6,9,14,18H,2-4,7-8,10-11H2,1H3. The Morgan fingerprint density at radius 2 is 2.32 bits per heavy atom. The van der Waals surface area contributed by atoms with E-state index in [1.54, 1.807) is 6.07 Å². The van der Waals surface area contributed by atoms with Crippen LogP contribution in [0.1, 0.15) is 31.7 Å². The average molecular weight is 329 g/mol. The molecule has 19 heavy (non-hydrogen) atoms. The fourth-order valence-electron chi connectivity index (χ4n) is 2.65. The van der Waals surface area contributed by atoms with Crippen LogP contribution in [-0.2, 0) is 6.54 Å². The van der Waals surface area contributed by atoms with E-state index in [1.807, 2.05) is 12.1 Å². The summed E-state index contributed by atoms with van der Waals surface area (Å²) in [5, 5.41) is 3.58. The van der Waals surface area contributed by atoms with Crippen LogP contribution in [0.2, 0.25) is 0 Å². The largest absolute Gasteiger partial charge is 0.313 e. The highest BCUT2D eigenvalue weighted by Gasteiger charge is 2.18. The van der Waals surface area contributed by atoms with Gasteiger partial charge in [-0.25, -0.2) is 4.39 Å². The van der Waals surface area contributed by atoms with Crippen LogP contribution in [0.3, 0.4) is 0 Å². The van der Waals surface area contributed by atoms with Crippen LogP contribution in [0.15, 0.2) is 22.7 Å². The predicted octanol–water partition coefficient (Wildman–Crippen LogP) is 3.55. The monoisotopic (exact) mass is 328 g/mol. The van der Waals surface area contributed by atoms with Gasteiger partial charge in [-0.3, -0.25) is 4.90 Å². The minimum Gasteiger partial charge on any atom is -0.313 e. The van der Waals surface area contributed by atoms with Gasteiger partial charge in [0.05, 0.1) is 0 Å². The minimum absolute atomic E-state index is 0.112. The summed E-state index contributed by atoms with van der Waals surface area (Å²) in [6.07, 6.45) is 3.52. The number of hydrogen-bond acceptors (Lipinski definition) is 2. The molecule has 2 rings (SSSR count). The lowest BCUT2D eigenvalue weighted by molar-refractivity contribution is 0.251. The Labute approximate surface area is 123 Å². The van der Waals surface area contributed by atoms with Crippen molar-refractivity contribution >= 4 is 15.9 Å². The molecule has 1 unspecified atom stereocenters. The molecule has 1 heterocycles. The normalized spacial score (nSPS) is 21.3. The van der Waals surface area contributed by atoms with E-state index < -0.39 is 0 Å². The zero-order chi connectivity index (χ0) is 13.7. The summed E-state index contributed by atoms with van der Waals surface area (Å²) in [5.41, 5.74) is 0.792. The van der Waals surface area contributed by atoms with Gasteiger partial charge in [0.15, 0.2) is 0 Å². The van der Waals surface area contributed by atoms with Gasteiger partial charge in [-0.05, 0) is 38.1 Å². The molecule has 1 aromatic rings. The molecule has 0 spiro atoms. The Hall–Kier alpha value is -0.450. The number of nitrogens with zero attached hydrogens (tertiary/aromatic N) is 1. The van der Waals surface area contributed by atoms with Crippen LogP contribution in [0, 0.1) is 5.82 Å². The lowest BCUT2D eigenvalue weighted by Gasteiger charge is -2.24. The maximum absolute atomic E-state index is 13.9. The Kier molecular flexibility index (Phi) is 5.79. The molecule has 0 radical (unpaired) electrons. The summed E-state index contributed by atoms with van der Waals surface area (Å²) >= 11 is 3.30. The molecule has 1 aliphatic heterocycles. The molecule has 0 aliphatic carbocycles. The molecule has 1 aromatic carbocycles. The maximum atomic E-state index is 13.9. The van der Waals surface area contributed by atoms with Crippen molar-refractivity contribution in [2.24, 2.45) is 0 Å². The van der Waals surface area contributed by atoms with Crippen molar-refractivity contribution in [1.82, 2.24) is 10.2 Å². The summed E-state index contributed by atoms with van der Waals surface area (Å²) in [5.74, 6) is -0.112. The van der Waals surface area contributed by atoms with Crippen LogP contribution in [0.4, 0.5) is 4.39 Å². The molecule has 1 atom stereocenters. The minimum atomic E-state index is -0.112. The van der Waals surface area contributed by atoms with Gasteiger partial charge in [-0.15, -0.1) is 0 Å². The fraction of sp³-hybridized carbons (Fsp3) is 0.600. The number of benzene rings is 1. The van der Waals surface area contributed by atoms with Crippen LogP contribution < -0.4 is 5.32 Å². The van der Waals surface area contributed by atoms with E-state index in [9.17, 15) is 4.39 Å². The van der Waals surface area contributed by atoms with E-state index in [0.717, 1.165) is 36.1 Å². The van der Waals surface area contributed by atoms with E-state index in [0.29, 0.717) is 12.6 Å². The van der Waals surface area contributed by atoms with Crippen molar-refractivity contribution in [2.45, 2.75) is 38.8 Å². The molecule has 106 valence electrons. The van der Waals surface area contributed by atoms with Crippen molar-refractivity contribution in [1.29, 1.82) is 0 Å². The van der Waals surface area contributed by atoms with Crippen molar-refractivity contribution in [3.05, 3.63) is 34.1 Å². The second kappa shape index (κ2) is 7.36. The van der Waals surface area contributed by atoms with Gasteiger partial charge in [-0.1, -0.05) is 35.3 Å². The molecule has 1 aliphatic rings. The van der Waals surface area contributed by atoms with E-state index in [4.69, 9.17) is 0 Å². The molecule has 1 fully saturated rings. The summed E-state index contributed by atoms with van der Waals surface area (Å²) in [7, 11) is 0. The van der Waals surface area contributed by atoms with Gasteiger partial charge in [0.2, 0.25) is 0 Å². The molecule has 2 nitrogen and oxygen atoms in total. The summed E-state index contributed by atoms with van der Waals surface area (Å²) in [6, 6.07) is 5.89. The third kappa shape index (κ3) is 4.55. The zero-order valence-corrected chi connectivity index (χ0v) is 13.0. The Bertz CT molecular complexity index is 411. The second-order valence-corrected chi connectivity index (χ2v) is 6.18. The molecule has 0 aromatic heterocycles. The highest BCUT2D eigenvalue weighted by Crippen LogP contribution is 2.18. The van der Waals surface area contributed by atoms with Gasteiger partial charge < -0.3 is 5.32 Å². The highest BCUT2D eigenvalue weighted by atomic mass is 79.9. The summed E-state index contributed by atoms with van der Waals surface area (Å²) in [4.78, 5) is 2.37. The molecule has 4 heteroatoms. The van der Waals surface area contributed by atoms with E-state index in [-0.39, 0.29) is 5.82 Å². The SMILES string of the molecule is CCCC1CN(Cc2ccc(Br)cc2F)CCCN1. The average Bonchev–Trinajstić information content (AvgIpc) is 2.59. The number of rotatable bonds is 4. The van der Waals surface area contributed by atoms with Crippen molar-refractivity contribution < 1.29 is 4.39 Å². The molecule has 1 N–H and O–H groups in total. The van der Waals surface area contributed by atoms with E-state index in [2.05, 4.69) is 33.1 Å². The first-order chi connectivity index (χ1) is 9.19. The molecular formula is C15H22BrFN2. The van der Waals surface area contributed by atoms with Gasteiger partial charge >= 0.3 is 0 Å². The smallest absolute Gasteiger partial charge is 0.128 e. The Morgan fingerprint density at radius 1 is 1.47 bits per heavy atom. The first kappa shape index (κ1) is 14.9. The van der Waals surface area contributed by atoms with Crippen molar-refractivity contribution in [3.8, 4) is 0 Å². The topological polar surface area (TPSA) is 15.3 Å². The molecule has 1 saturated heterocycles. The van der Waals surface area contributed by atoms with E-state index in [1.165, 1.54) is 12.8 Å². The lowest BCUT2D eigenvalue weighted by atomic mass is 10.1. The van der Waals surface area contributed by atoms with Crippen molar-refractivity contribution in [2.75, 3.05) is 19.6 Å². The molecule has 0 saturated carbocycles. The lowest BCUT2D eigenvalue weighted by Crippen LogP contribution is -2.37. The highest BCUT2D eigenvalue weighted by molar-refractivity contribution is 9.10. The van der Waals surface area contributed by atoms with Gasteiger partial charge in [0.1, 0.15) is 5.82 Å².